The van der Waals surface area contributed by atoms with Gasteiger partial charge in [-0.05, 0) is 34.5 Å². The molecule has 1 aromatic carbocycles. The van der Waals surface area contributed by atoms with E-state index >= 15 is 0 Å². The summed E-state index contributed by atoms with van der Waals surface area (Å²) in [6.07, 6.45) is 2.36. The van der Waals surface area contributed by atoms with Gasteiger partial charge < -0.3 is 15.3 Å². The van der Waals surface area contributed by atoms with Crippen molar-refractivity contribution in [3.05, 3.63) is 27.2 Å². The van der Waals surface area contributed by atoms with Crippen LogP contribution in [0.4, 0.5) is 5.69 Å². The Labute approximate surface area is 134 Å². The van der Waals surface area contributed by atoms with Gasteiger partial charge in [0.1, 0.15) is 0 Å². The van der Waals surface area contributed by atoms with E-state index in [1.54, 1.807) is 0 Å². The number of nitrogens with zero attached hydrogens (tertiary/aromatic N) is 1. The predicted molar refractivity (Wildman–Crippen MR) is 88.7 cm³/mol. The van der Waals surface area contributed by atoms with E-state index in [-0.39, 0.29) is 0 Å². The van der Waals surface area contributed by atoms with Crippen LogP contribution in [0.25, 0.3) is 0 Å². The van der Waals surface area contributed by atoms with Crippen LogP contribution in [0.3, 0.4) is 0 Å². The van der Waals surface area contributed by atoms with Gasteiger partial charge in [0, 0.05) is 41.9 Å². The zero-order valence-electron chi connectivity index (χ0n) is 11.8. The quantitative estimate of drug-likeness (QED) is 0.838. The molecule has 1 aliphatic heterocycles. The Balaban J connectivity index is 2.24. The summed E-state index contributed by atoms with van der Waals surface area (Å²) in [4.78, 5) is 2.33. The Morgan fingerprint density at radius 2 is 2.10 bits per heavy atom. The number of aliphatic hydroxyl groups excluding tert-OH is 1. The molecule has 2 N–H and O–H groups in total. The van der Waals surface area contributed by atoms with Crippen molar-refractivity contribution in [3.8, 4) is 0 Å². The molecule has 112 valence electrons. The Morgan fingerprint density at radius 1 is 1.40 bits per heavy atom. The first-order chi connectivity index (χ1) is 9.63. The number of rotatable bonds is 5. The first kappa shape index (κ1) is 16.1. The van der Waals surface area contributed by atoms with Gasteiger partial charge in [-0.2, -0.15) is 0 Å². The number of aliphatic hydroxyl groups is 1. The molecule has 0 aromatic heterocycles. The second kappa shape index (κ2) is 7.64. The van der Waals surface area contributed by atoms with Crippen molar-refractivity contribution >= 4 is 33.2 Å². The van der Waals surface area contributed by atoms with Crippen LogP contribution in [-0.2, 0) is 0 Å². The van der Waals surface area contributed by atoms with E-state index in [1.807, 2.05) is 12.1 Å². The Kier molecular flexibility index (Phi) is 6.15. The Morgan fingerprint density at radius 3 is 2.75 bits per heavy atom. The summed E-state index contributed by atoms with van der Waals surface area (Å²) in [7, 11) is 0. The molecule has 0 radical (unpaired) electrons. The molecule has 0 amide bonds. The van der Waals surface area contributed by atoms with E-state index in [4.69, 9.17) is 11.6 Å². The highest BCUT2D eigenvalue weighted by Gasteiger charge is 2.18. The molecular formula is C15H22BrClN2O. The summed E-state index contributed by atoms with van der Waals surface area (Å²) in [5, 5.41) is 14.3. The van der Waals surface area contributed by atoms with Gasteiger partial charge in [-0.15, -0.1) is 0 Å². The number of nitrogens with one attached hydrogen (secondary N) is 1. The molecule has 1 aromatic rings. The third-order valence-electron chi connectivity index (χ3n) is 3.71. The van der Waals surface area contributed by atoms with Gasteiger partial charge in [-0.1, -0.05) is 31.4 Å². The largest absolute Gasteiger partial charge is 0.388 e. The summed E-state index contributed by atoms with van der Waals surface area (Å²) >= 11 is 9.85. The number of hydrogen-bond acceptors (Lipinski definition) is 3. The van der Waals surface area contributed by atoms with Crippen LogP contribution < -0.4 is 10.2 Å². The van der Waals surface area contributed by atoms with E-state index < -0.39 is 6.10 Å². The molecule has 1 saturated heterocycles. The first-order valence-corrected chi connectivity index (χ1v) is 8.43. The maximum Gasteiger partial charge on any atom is 0.0805 e. The third-order valence-corrected chi connectivity index (χ3v) is 4.99. The molecule has 1 atom stereocenters. The second-order valence-electron chi connectivity index (χ2n) is 5.23. The van der Waals surface area contributed by atoms with Crippen LogP contribution in [0.5, 0.6) is 0 Å². The lowest BCUT2D eigenvalue weighted by Crippen LogP contribution is -2.43. The van der Waals surface area contributed by atoms with Crippen LogP contribution in [0.1, 0.15) is 37.9 Å². The van der Waals surface area contributed by atoms with E-state index in [9.17, 15) is 5.11 Å². The molecule has 1 unspecified atom stereocenters. The highest BCUT2D eigenvalue weighted by molar-refractivity contribution is 9.10. The highest BCUT2D eigenvalue weighted by Crippen LogP contribution is 2.36. The number of piperazine rings is 1. The van der Waals surface area contributed by atoms with Crippen LogP contribution in [-0.4, -0.2) is 31.3 Å². The fourth-order valence-electron chi connectivity index (χ4n) is 2.50. The van der Waals surface area contributed by atoms with Gasteiger partial charge in [0.25, 0.3) is 0 Å². The lowest BCUT2D eigenvalue weighted by Gasteiger charge is -2.30. The molecule has 1 heterocycles. The fourth-order valence-corrected chi connectivity index (χ4v) is 3.20. The van der Waals surface area contributed by atoms with Gasteiger partial charge in [0.2, 0.25) is 0 Å². The average molecular weight is 362 g/mol. The van der Waals surface area contributed by atoms with Crippen molar-refractivity contribution in [1.82, 2.24) is 5.32 Å². The molecule has 1 aliphatic rings. The number of halogens is 2. The summed E-state index contributed by atoms with van der Waals surface area (Å²) in [6.45, 7) is 6.08. The Bertz CT molecular complexity index is 450. The van der Waals surface area contributed by atoms with Crippen LogP contribution in [0, 0.1) is 0 Å². The maximum atomic E-state index is 10.3. The summed E-state index contributed by atoms with van der Waals surface area (Å²) in [5.74, 6) is 0. The highest BCUT2D eigenvalue weighted by atomic mass is 79.9. The Hall–Kier alpha value is -0.290. The molecule has 0 spiro atoms. The minimum atomic E-state index is -0.485. The standard InChI is InChI=1S/C15H22BrClN2O/c1-2-3-4-14(20)12-9-11(10-13(16)15(12)17)19-7-5-18-6-8-19/h9-10,14,18,20H,2-8H2,1H3. The van der Waals surface area contributed by atoms with Crippen molar-refractivity contribution in [2.45, 2.75) is 32.3 Å². The van der Waals surface area contributed by atoms with Crippen LogP contribution in [0.2, 0.25) is 5.02 Å². The molecule has 1 fully saturated rings. The van der Waals surface area contributed by atoms with Gasteiger partial charge in [0.15, 0.2) is 0 Å². The van der Waals surface area contributed by atoms with Crippen molar-refractivity contribution in [1.29, 1.82) is 0 Å². The maximum absolute atomic E-state index is 10.3. The fraction of sp³-hybridized carbons (Fsp3) is 0.600. The lowest BCUT2D eigenvalue weighted by atomic mass is 10.0. The van der Waals surface area contributed by atoms with Gasteiger partial charge >= 0.3 is 0 Å². The number of unbranched alkanes of at least 4 members (excludes halogenated alkanes) is 1. The van der Waals surface area contributed by atoms with Crippen molar-refractivity contribution in [2.75, 3.05) is 31.1 Å². The van der Waals surface area contributed by atoms with Gasteiger partial charge in [0.05, 0.1) is 11.1 Å². The average Bonchev–Trinajstić information content (AvgIpc) is 2.48. The number of anilines is 1. The van der Waals surface area contributed by atoms with E-state index in [0.717, 1.165) is 61.2 Å². The second-order valence-corrected chi connectivity index (χ2v) is 6.46. The van der Waals surface area contributed by atoms with Crippen LogP contribution in [0.15, 0.2) is 16.6 Å². The molecular weight excluding hydrogens is 340 g/mol. The molecule has 2 rings (SSSR count). The smallest absolute Gasteiger partial charge is 0.0805 e. The van der Waals surface area contributed by atoms with Crippen molar-refractivity contribution in [2.24, 2.45) is 0 Å². The third kappa shape index (κ3) is 3.88. The number of benzene rings is 1. The predicted octanol–water partition coefficient (Wildman–Crippen LogP) is 3.74. The zero-order chi connectivity index (χ0) is 14.5. The lowest BCUT2D eigenvalue weighted by molar-refractivity contribution is 0.164. The topological polar surface area (TPSA) is 35.5 Å². The minimum absolute atomic E-state index is 0.485. The van der Waals surface area contributed by atoms with E-state index in [1.165, 1.54) is 0 Å². The van der Waals surface area contributed by atoms with Crippen molar-refractivity contribution in [3.63, 3.8) is 0 Å². The SMILES string of the molecule is CCCCC(O)c1cc(N2CCNCC2)cc(Br)c1Cl. The summed E-state index contributed by atoms with van der Waals surface area (Å²) in [5.41, 5.74) is 1.97. The van der Waals surface area contributed by atoms with Crippen LogP contribution >= 0.6 is 27.5 Å². The number of hydrogen-bond donors (Lipinski definition) is 2. The van der Waals surface area contributed by atoms with E-state index in [2.05, 4.69) is 33.1 Å². The van der Waals surface area contributed by atoms with Gasteiger partial charge in [-0.25, -0.2) is 0 Å². The molecule has 0 saturated carbocycles. The van der Waals surface area contributed by atoms with Gasteiger partial charge in [-0.3, -0.25) is 0 Å². The normalized spacial score (nSPS) is 17.3. The molecule has 0 aliphatic carbocycles. The first-order valence-electron chi connectivity index (χ1n) is 7.26. The van der Waals surface area contributed by atoms with E-state index in [0.29, 0.717) is 5.02 Å². The molecule has 0 bridgehead atoms. The molecule has 3 nitrogen and oxygen atoms in total. The monoisotopic (exact) mass is 360 g/mol. The molecule has 5 heteroatoms. The van der Waals surface area contributed by atoms with Crippen molar-refractivity contribution < 1.29 is 5.11 Å². The zero-order valence-corrected chi connectivity index (χ0v) is 14.2. The minimum Gasteiger partial charge on any atom is -0.388 e. The molecule has 20 heavy (non-hydrogen) atoms. The summed E-state index contributed by atoms with van der Waals surface area (Å²) in [6, 6.07) is 4.09. The summed E-state index contributed by atoms with van der Waals surface area (Å²) < 4.78 is 0.862.